The lowest BCUT2D eigenvalue weighted by Crippen LogP contribution is -2.29. The van der Waals surface area contributed by atoms with E-state index in [2.05, 4.69) is 29.8 Å². The number of aryl methyl sites for hydroxylation is 1. The molecule has 2 aromatic rings. The predicted octanol–water partition coefficient (Wildman–Crippen LogP) is 4.03. The van der Waals surface area contributed by atoms with Gasteiger partial charge in [0.25, 0.3) is 5.91 Å². The van der Waals surface area contributed by atoms with Gasteiger partial charge in [-0.3, -0.25) is 4.79 Å². The van der Waals surface area contributed by atoms with Gasteiger partial charge in [-0.15, -0.1) is 0 Å². The van der Waals surface area contributed by atoms with Crippen LogP contribution in [0.1, 0.15) is 42.8 Å². The lowest BCUT2D eigenvalue weighted by molar-refractivity contribution is -0.148. The molecular formula is C22H26N2O4. The van der Waals surface area contributed by atoms with E-state index in [9.17, 15) is 9.59 Å². The molecule has 1 N–H and O–H groups in total. The monoisotopic (exact) mass is 382 g/mol. The number of anilines is 1. The van der Waals surface area contributed by atoms with E-state index in [1.54, 1.807) is 24.3 Å². The maximum Gasteiger partial charge on any atom is 0.331 e. The third-order valence-corrected chi connectivity index (χ3v) is 4.86. The lowest BCUT2D eigenvalue weighted by atomic mass is 10.2. The Morgan fingerprint density at radius 3 is 2.64 bits per heavy atom. The zero-order valence-corrected chi connectivity index (χ0v) is 16.7. The van der Waals surface area contributed by atoms with Crippen LogP contribution in [0.25, 0.3) is 6.08 Å². The fourth-order valence-electron chi connectivity index (χ4n) is 3.27. The van der Waals surface area contributed by atoms with Gasteiger partial charge in [-0.1, -0.05) is 12.1 Å². The maximum absolute atomic E-state index is 12.3. The molecule has 148 valence electrons. The van der Waals surface area contributed by atoms with Crippen molar-refractivity contribution in [3.05, 3.63) is 53.4 Å². The molecule has 1 aliphatic rings. The highest BCUT2D eigenvalue weighted by atomic mass is 16.5. The van der Waals surface area contributed by atoms with Gasteiger partial charge in [-0.05, 0) is 63.5 Å². The second-order valence-electron chi connectivity index (χ2n) is 7.03. The summed E-state index contributed by atoms with van der Waals surface area (Å²) in [6.07, 6.45) is 4.60. The minimum absolute atomic E-state index is 0.418. The molecule has 1 atom stereocenters. The minimum atomic E-state index is -0.930. The van der Waals surface area contributed by atoms with Crippen LogP contribution in [0.3, 0.4) is 0 Å². The lowest BCUT2D eigenvalue weighted by Gasteiger charge is -2.14. The molecule has 0 radical (unpaired) electrons. The predicted molar refractivity (Wildman–Crippen MR) is 108 cm³/mol. The number of amides is 1. The van der Waals surface area contributed by atoms with Crippen LogP contribution < -0.4 is 10.1 Å². The van der Waals surface area contributed by atoms with Gasteiger partial charge < -0.3 is 19.4 Å². The van der Waals surface area contributed by atoms with Crippen molar-refractivity contribution in [1.82, 2.24) is 4.57 Å². The second kappa shape index (κ2) is 8.33. The third kappa shape index (κ3) is 4.44. The molecule has 0 unspecified atom stereocenters. The number of ether oxygens (including phenoxy) is 2. The van der Waals surface area contributed by atoms with Gasteiger partial charge in [0.1, 0.15) is 5.75 Å². The van der Waals surface area contributed by atoms with E-state index in [-0.39, 0.29) is 0 Å². The summed E-state index contributed by atoms with van der Waals surface area (Å²) < 4.78 is 12.7. The van der Waals surface area contributed by atoms with Crippen molar-refractivity contribution < 1.29 is 19.1 Å². The zero-order chi connectivity index (χ0) is 20.3. The van der Waals surface area contributed by atoms with E-state index in [1.165, 1.54) is 38.6 Å². The second-order valence-corrected chi connectivity index (χ2v) is 7.03. The molecule has 6 heteroatoms. The summed E-state index contributed by atoms with van der Waals surface area (Å²) >= 11 is 0. The van der Waals surface area contributed by atoms with Gasteiger partial charge in [0.2, 0.25) is 0 Å². The normalized spacial score (nSPS) is 14.7. The Balaban J connectivity index is 1.59. The van der Waals surface area contributed by atoms with Crippen LogP contribution in [0.4, 0.5) is 5.69 Å². The van der Waals surface area contributed by atoms with Crippen LogP contribution in [0.15, 0.2) is 36.4 Å². The van der Waals surface area contributed by atoms with Crippen molar-refractivity contribution in [2.75, 3.05) is 12.4 Å². The maximum atomic E-state index is 12.3. The van der Waals surface area contributed by atoms with Gasteiger partial charge in [0.15, 0.2) is 6.10 Å². The molecule has 1 aromatic carbocycles. The zero-order valence-electron chi connectivity index (χ0n) is 16.7. The van der Waals surface area contributed by atoms with Crippen molar-refractivity contribution in [3.63, 3.8) is 0 Å². The highest BCUT2D eigenvalue weighted by Crippen LogP contribution is 2.38. The molecule has 6 nitrogen and oxygen atoms in total. The molecule has 0 saturated heterocycles. The molecule has 0 bridgehead atoms. The third-order valence-electron chi connectivity index (χ3n) is 4.86. The number of hydrogen-bond donors (Lipinski definition) is 1. The summed E-state index contributed by atoms with van der Waals surface area (Å²) in [5, 5.41) is 2.71. The van der Waals surface area contributed by atoms with Crippen LogP contribution in [-0.2, 0) is 14.3 Å². The first-order valence-corrected chi connectivity index (χ1v) is 9.41. The molecule has 1 aliphatic carbocycles. The first-order chi connectivity index (χ1) is 13.4. The highest BCUT2D eigenvalue weighted by molar-refractivity contribution is 5.97. The number of hydrogen-bond acceptors (Lipinski definition) is 4. The molecule has 1 fully saturated rings. The average Bonchev–Trinajstić information content (AvgIpc) is 3.46. The number of methoxy groups -OCH3 is 1. The number of nitrogens with one attached hydrogen (secondary N) is 1. The molecule has 28 heavy (non-hydrogen) atoms. The van der Waals surface area contributed by atoms with Crippen LogP contribution >= 0.6 is 0 Å². The van der Waals surface area contributed by atoms with Crippen molar-refractivity contribution in [1.29, 1.82) is 0 Å². The quantitative estimate of drug-likeness (QED) is 0.580. The van der Waals surface area contributed by atoms with Crippen LogP contribution in [-0.4, -0.2) is 29.7 Å². The summed E-state index contributed by atoms with van der Waals surface area (Å²) in [5.41, 5.74) is 3.86. The Morgan fingerprint density at radius 2 is 1.96 bits per heavy atom. The molecule has 0 aliphatic heterocycles. The Morgan fingerprint density at radius 1 is 1.25 bits per heavy atom. The fourth-order valence-corrected chi connectivity index (χ4v) is 3.27. The summed E-state index contributed by atoms with van der Waals surface area (Å²) in [6.45, 7) is 5.67. The van der Waals surface area contributed by atoms with E-state index < -0.39 is 18.0 Å². The van der Waals surface area contributed by atoms with E-state index in [0.717, 1.165) is 11.3 Å². The Labute approximate surface area is 165 Å². The van der Waals surface area contributed by atoms with Gasteiger partial charge in [0, 0.05) is 23.5 Å². The average molecular weight is 382 g/mol. The highest BCUT2D eigenvalue weighted by Gasteiger charge is 2.26. The number of para-hydroxylation sites is 2. The Bertz CT molecular complexity index is 909. The SMILES string of the molecule is COc1ccccc1NC(=O)[C@@H](C)OC(=O)/C=C/c1cc(C)n(C2CC2)c1C. The number of aromatic nitrogens is 1. The first-order valence-electron chi connectivity index (χ1n) is 9.41. The molecule has 1 aromatic heterocycles. The number of carbonyl (C=O) groups excluding carboxylic acids is 2. The number of esters is 1. The minimum Gasteiger partial charge on any atom is -0.495 e. The van der Waals surface area contributed by atoms with Gasteiger partial charge in [0.05, 0.1) is 12.8 Å². The van der Waals surface area contributed by atoms with Crippen molar-refractivity contribution in [3.8, 4) is 5.75 Å². The largest absolute Gasteiger partial charge is 0.495 e. The van der Waals surface area contributed by atoms with Crippen molar-refractivity contribution in [2.45, 2.75) is 45.8 Å². The van der Waals surface area contributed by atoms with Crippen molar-refractivity contribution in [2.24, 2.45) is 0 Å². The van der Waals surface area contributed by atoms with Crippen LogP contribution in [0.2, 0.25) is 0 Å². The number of benzene rings is 1. The standard InChI is InChI=1S/C22H26N2O4/c1-14-13-17(15(2)24(14)18-10-11-18)9-12-21(25)28-16(3)22(26)23-19-7-5-6-8-20(19)27-4/h5-9,12-13,16,18H,10-11H2,1-4H3,(H,23,26)/b12-9+/t16-/m1/s1. The van der Waals surface area contributed by atoms with E-state index >= 15 is 0 Å². The van der Waals surface area contributed by atoms with E-state index in [4.69, 9.17) is 9.47 Å². The van der Waals surface area contributed by atoms with E-state index in [1.807, 2.05) is 6.07 Å². The van der Waals surface area contributed by atoms with Crippen molar-refractivity contribution >= 4 is 23.6 Å². The molecule has 1 heterocycles. The molecule has 1 amide bonds. The summed E-state index contributed by atoms with van der Waals surface area (Å²) in [7, 11) is 1.53. The van der Waals surface area contributed by atoms with Crippen LogP contribution in [0.5, 0.6) is 5.75 Å². The van der Waals surface area contributed by atoms with Crippen LogP contribution in [0, 0.1) is 13.8 Å². The molecule has 0 spiro atoms. The smallest absolute Gasteiger partial charge is 0.331 e. The summed E-state index contributed by atoms with van der Waals surface area (Å²) in [5.74, 6) is -0.433. The first kappa shape index (κ1) is 19.7. The molecular weight excluding hydrogens is 356 g/mol. The Kier molecular flexibility index (Phi) is 5.87. The van der Waals surface area contributed by atoms with Gasteiger partial charge in [-0.2, -0.15) is 0 Å². The fraction of sp³-hybridized carbons (Fsp3) is 0.364. The Hall–Kier alpha value is -3.02. The number of carbonyl (C=O) groups is 2. The number of rotatable bonds is 7. The topological polar surface area (TPSA) is 69.6 Å². The molecule has 1 saturated carbocycles. The molecule has 3 rings (SSSR count). The van der Waals surface area contributed by atoms with Gasteiger partial charge >= 0.3 is 5.97 Å². The number of nitrogens with zero attached hydrogens (tertiary/aromatic N) is 1. The van der Waals surface area contributed by atoms with E-state index in [0.29, 0.717) is 17.5 Å². The summed E-state index contributed by atoms with van der Waals surface area (Å²) in [6, 6.07) is 9.72. The van der Waals surface area contributed by atoms with Gasteiger partial charge in [-0.25, -0.2) is 4.79 Å². The summed E-state index contributed by atoms with van der Waals surface area (Å²) in [4.78, 5) is 24.4.